The van der Waals surface area contributed by atoms with Gasteiger partial charge in [-0.05, 0) is 43.9 Å². The Bertz CT molecular complexity index is 641. The van der Waals surface area contributed by atoms with Crippen molar-refractivity contribution in [2.45, 2.75) is 64.1 Å². The molecule has 1 aromatic rings. The summed E-state index contributed by atoms with van der Waals surface area (Å²) in [4.78, 5) is 23.9. The van der Waals surface area contributed by atoms with Crippen molar-refractivity contribution in [3.05, 3.63) is 23.8 Å². The lowest BCUT2D eigenvalue weighted by molar-refractivity contribution is -0.123. The molecule has 3 rings (SSSR count). The van der Waals surface area contributed by atoms with Crippen molar-refractivity contribution >= 4 is 17.5 Å². The molecule has 1 aliphatic heterocycles. The Morgan fingerprint density at radius 3 is 2.84 bits per heavy atom. The van der Waals surface area contributed by atoms with Gasteiger partial charge in [0.25, 0.3) is 5.91 Å². The molecule has 0 radical (unpaired) electrons. The maximum absolute atomic E-state index is 12.0. The van der Waals surface area contributed by atoms with Gasteiger partial charge in [-0.15, -0.1) is 0 Å². The van der Waals surface area contributed by atoms with Gasteiger partial charge in [-0.2, -0.15) is 0 Å². The summed E-state index contributed by atoms with van der Waals surface area (Å²) in [6.07, 6.45) is 4.79. The van der Waals surface area contributed by atoms with Crippen LogP contribution in [0.25, 0.3) is 0 Å². The summed E-state index contributed by atoms with van der Waals surface area (Å²) in [6, 6.07) is 6.09. The molecule has 0 saturated heterocycles. The predicted molar refractivity (Wildman–Crippen MR) is 96.6 cm³/mol. The minimum absolute atomic E-state index is 0.0148. The highest BCUT2D eigenvalue weighted by atomic mass is 16.5. The first-order valence-electron chi connectivity index (χ1n) is 9.21. The smallest absolute Gasteiger partial charge is 0.265 e. The molecular weight excluding hydrogens is 318 g/mol. The molecule has 0 aromatic heterocycles. The molecule has 0 bridgehead atoms. The van der Waals surface area contributed by atoms with E-state index in [1.165, 1.54) is 12.8 Å². The van der Waals surface area contributed by atoms with Crippen molar-refractivity contribution < 1.29 is 14.3 Å². The summed E-state index contributed by atoms with van der Waals surface area (Å²) < 4.78 is 5.78. The lowest BCUT2D eigenvalue weighted by Crippen LogP contribution is -2.39. The van der Waals surface area contributed by atoms with Crippen LogP contribution in [-0.4, -0.2) is 30.5 Å². The summed E-state index contributed by atoms with van der Waals surface area (Å²) in [5, 5.41) is 9.21. The number of anilines is 1. The van der Waals surface area contributed by atoms with E-state index in [1.54, 1.807) is 0 Å². The Morgan fingerprint density at radius 1 is 1.36 bits per heavy atom. The van der Waals surface area contributed by atoms with Crippen LogP contribution in [-0.2, 0) is 9.59 Å². The van der Waals surface area contributed by atoms with Gasteiger partial charge in [0.2, 0.25) is 5.91 Å². The van der Waals surface area contributed by atoms with Gasteiger partial charge in [0.05, 0.1) is 12.2 Å². The molecule has 25 heavy (non-hydrogen) atoms. The second-order valence-corrected chi connectivity index (χ2v) is 6.91. The number of ether oxygens (including phenoxy) is 1. The van der Waals surface area contributed by atoms with Crippen LogP contribution < -0.4 is 20.7 Å². The van der Waals surface area contributed by atoms with E-state index < -0.39 is 6.10 Å². The number of carbonyl (C=O) groups excluding carboxylic acids is 2. The summed E-state index contributed by atoms with van der Waals surface area (Å²) in [7, 11) is 0. The van der Waals surface area contributed by atoms with Crippen molar-refractivity contribution in [1.29, 1.82) is 0 Å². The van der Waals surface area contributed by atoms with Gasteiger partial charge >= 0.3 is 0 Å². The van der Waals surface area contributed by atoms with E-state index in [0.29, 0.717) is 30.4 Å². The molecule has 2 amide bonds. The minimum atomic E-state index is -0.441. The molecule has 1 aliphatic carbocycles. The molecule has 6 nitrogen and oxygen atoms in total. The second-order valence-electron chi connectivity index (χ2n) is 6.91. The SMILES string of the molecule is CC[C@H]1Oc2cc([C@@H](C)NCC(=O)NC3CCCC3)ccc2NC1=O. The van der Waals surface area contributed by atoms with Crippen LogP contribution >= 0.6 is 0 Å². The molecule has 2 atom stereocenters. The highest BCUT2D eigenvalue weighted by Crippen LogP contribution is 2.32. The lowest BCUT2D eigenvalue weighted by Gasteiger charge is -2.26. The van der Waals surface area contributed by atoms with Gasteiger partial charge in [0.1, 0.15) is 5.75 Å². The fraction of sp³-hybridized carbons (Fsp3) is 0.579. The Balaban J connectivity index is 1.56. The third-order valence-electron chi connectivity index (χ3n) is 4.99. The molecule has 2 aliphatic rings. The van der Waals surface area contributed by atoms with Crippen molar-refractivity contribution in [3.8, 4) is 5.75 Å². The summed E-state index contributed by atoms with van der Waals surface area (Å²) in [6.45, 7) is 4.24. The first-order chi connectivity index (χ1) is 12.1. The largest absolute Gasteiger partial charge is 0.478 e. The fourth-order valence-corrected chi connectivity index (χ4v) is 3.41. The number of hydrogen-bond donors (Lipinski definition) is 3. The predicted octanol–water partition coefficient (Wildman–Crippen LogP) is 2.51. The third-order valence-corrected chi connectivity index (χ3v) is 4.99. The van der Waals surface area contributed by atoms with Gasteiger partial charge < -0.3 is 20.7 Å². The molecule has 1 fully saturated rings. The molecular formula is C19H27N3O3. The van der Waals surface area contributed by atoms with Crippen LogP contribution in [0.1, 0.15) is 57.6 Å². The number of fused-ring (bicyclic) bond motifs is 1. The molecule has 1 aromatic carbocycles. The minimum Gasteiger partial charge on any atom is -0.478 e. The molecule has 1 saturated carbocycles. The normalized spacial score (nSPS) is 21.2. The average Bonchev–Trinajstić information content (AvgIpc) is 3.11. The van der Waals surface area contributed by atoms with E-state index in [4.69, 9.17) is 4.74 Å². The fourth-order valence-electron chi connectivity index (χ4n) is 3.41. The quantitative estimate of drug-likeness (QED) is 0.740. The zero-order valence-corrected chi connectivity index (χ0v) is 14.9. The van der Waals surface area contributed by atoms with E-state index >= 15 is 0 Å². The molecule has 3 N–H and O–H groups in total. The van der Waals surface area contributed by atoms with Crippen LogP contribution in [0, 0.1) is 0 Å². The van der Waals surface area contributed by atoms with E-state index in [-0.39, 0.29) is 17.9 Å². The van der Waals surface area contributed by atoms with Gasteiger partial charge in [-0.1, -0.05) is 25.8 Å². The number of nitrogens with one attached hydrogen (secondary N) is 3. The molecule has 1 heterocycles. The maximum Gasteiger partial charge on any atom is 0.265 e. The van der Waals surface area contributed by atoms with Gasteiger partial charge in [-0.25, -0.2) is 0 Å². The summed E-state index contributed by atoms with van der Waals surface area (Å²) in [5.41, 5.74) is 1.73. The Labute approximate surface area is 148 Å². The topological polar surface area (TPSA) is 79.5 Å². The molecule has 0 spiro atoms. The third kappa shape index (κ3) is 4.31. The lowest BCUT2D eigenvalue weighted by atomic mass is 10.1. The van der Waals surface area contributed by atoms with Crippen LogP contribution in [0.2, 0.25) is 0 Å². The molecule has 6 heteroatoms. The number of carbonyl (C=O) groups is 2. The van der Waals surface area contributed by atoms with E-state index in [1.807, 2.05) is 32.0 Å². The van der Waals surface area contributed by atoms with Crippen LogP contribution in [0.5, 0.6) is 5.75 Å². The molecule has 136 valence electrons. The van der Waals surface area contributed by atoms with Crippen molar-refractivity contribution in [2.24, 2.45) is 0 Å². The average molecular weight is 345 g/mol. The van der Waals surface area contributed by atoms with Crippen LogP contribution in [0.4, 0.5) is 5.69 Å². The number of hydrogen-bond acceptors (Lipinski definition) is 4. The summed E-state index contributed by atoms with van der Waals surface area (Å²) >= 11 is 0. The van der Waals surface area contributed by atoms with Crippen molar-refractivity contribution in [2.75, 3.05) is 11.9 Å². The van der Waals surface area contributed by atoms with Gasteiger partial charge in [0.15, 0.2) is 6.10 Å². The number of amides is 2. The second kappa shape index (κ2) is 7.87. The van der Waals surface area contributed by atoms with Gasteiger partial charge in [0, 0.05) is 12.1 Å². The van der Waals surface area contributed by atoms with Crippen LogP contribution in [0.15, 0.2) is 18.2 Å². The van der Waals surface area contributed by atoms with E-state index in [2.05, 4.69) is 16.0 Å². The standard InChI is InChI=1S/C19H27N3O3/c1-3-16-19(24)22-15-9-8-13(10-17(15)25-16)12(2)20-11-18(23)21-14-6-4-5-7-14/h8-10,12,14,16,20H,3-7,11H2,1-2H3,(H,21,23)(H,22,24)/t12-,16-/m1/s1. The van der Waals surface area contributed by atoms with Crippen molar-refractivity contribution in [1.82, 2.24) is 10.6 Å². The number of benzene rings is 1. The highest BCUT2D eigenvalue weighted by Gasteiger charge is 2.26. The van der Waals surface area contributed by atoms with Crippen LogP contribution in [0.3, 0.4) is 0 Å². The molecule has 0 unspecified atom stereocenters. The van der Waals surface area contributed by atoms with E-state index in [0.717, 1.165) is 18.4 Å². The Kier molecular flexibility index (Phi) is 5.58. The van der Waals surface area contributed by atoms with E-state index in [9.17, 15) is 9.59 Å². The maximum atomic E-state index is 12.0. The summed E-state index contributed by atoms with van der Waals surface area (Å²) in [5.74, 6) is 0.636. The zero-order chi connectivity index (χ0) is 17.8. The van der Waals surface area contributed by atoms with Gasteiger partial charge in [-0.3, -0.25) is 9.59 Å². The highest BCUT2D eigenvalue weighted by molar-refractivity contribution is 5.97. The first-order valence-corrected chi connectivity index (χ1v) is 9.21. The van der Waals surface area contributed by atoms with Crippen molar-refractivity contribution in [3.63, 3.8) is 0 Å². The Morgan fingerprint density at radius 2 is 2.12 bits per heavy atom. The monoisotopic (exact) mass is 345 g/mol. The zero-order valence-electron chi connectivity index (χ0n) is 14.9. The first kappa shape index (κ1) is 17.7. The number of rotatable bonds is 6. The Hall–Kier alpha value is -2.08.